The Bertz CT molecular complexity index is 431. The number of aliphatic carboxylic acids is 1. The molecule has 0 amide bonds. The third-order valence-corrected chi connectivity index (χ3v) is 2.81. The van der Waals surface area contributed by atoms with E-state index in [2.05, 4.69) is 0 Å². The summed E-state index contributed by atoms with van der Waals surface area (Å²) in [6.07, 6.45) is 0.314. The molecule has 0 aliphatic heterocycles. The van der Waals surface area contributed by atoms with Crippen LogP contribution in [-0.2, 0) is 4.79 Å². The van der Waals surface area contributed by atoms with Crippen molar-refractivity contribution >= 4 is 5.97 Å². The molecule has 3 N–H and O–H groups in total. The van der Waals surface area contributed by atoms with Gasteiger partial charge in [0.05, 0.1) is 7.11 Å². The van der Waals surface area contributed by atoms with Gasteiger partial charge in [-0.2, -0.15) is 0 Å². The smallest absolute Gasteiger partial charge is 0.344 e. The van der Waals surface area contributed by atoms with Gasteiger partial charge in [0.1, 0.15) is 11.5 Å². The maximum atomic E-state index is 11.1. The van der Waals surface area contributed by atoms with Crippen LogP contribution in [0.4, 0.5) is 0 Å². The number of carboxylic acid groups (broad SMARTS) is 1. The SMILES string of the molecule is CCCC(Oc1cc(OC)ccc1[C@H](C)N)C(=O)O. The molecule has 19 heavy (non-hydrogen) atoms. The Morgan fingerprint density at radius 2 is 2.16 bits per heavy atom. The molecule has 5 nitrogen and oxygen atoms in total. The zero-order valence-corrected chi connectivity index (χ0v) is 11.6. The van der Waals surface area contributed by atoms with Gasteiger partial charge >= 0.3 is 5.97 Å². The number of methoxy groups -OCH3 is 1. The van der Waals surface area contributed by atoms with Crippen molar-refractivity contribution in [3.8, 4) is 11.5 Å². The third-order valence-electron chi connectivity index (χ3n) is 2.81. The minimum atomic E-state index is -0.972. The molecule has 0 aromatic heterocycles. The molecule has 5 heteroatoms. The highest BCUT2D eigenvalue weighted by atomic mass is 16.5. The Hall–Kier alpha value is -1.75. The van der Waals surface area contributed by atoms with Crippen molar-refractivity contribution in [2.24, 2.45) is 5.73 Å². The Labute approximate surface area is 113 Å². The Balaban J connectivity index is 3.04. The molecule has 1 rings (SSSR count). The number of rotatable bonds is 7. The average Bonchev–Trinajstić information content (AvgIpc) is 2.37. The van der Waals surface area contributed by atoms with E-state index >= 15 is 0 Å². The lowest BCUT2D eigenvalue weighted by molar-refractivity contribution is -0.145. The van der Waals surface area contributed by atoms with E-state index in [1.165, 1.54) is 0 Å². The van der Waals surface area contributed by atoms with E-state index in [0.29, 0.717) is 17.9 Å². The van der Waals surface area contributed by atoms with E-state index in [0.717, 1.165) is 12.0 Å². The van der Waals surface area contributed by atoms with Crippen LogP contribution >= 0.6 is 0 Å². The van der Waals surface area contributed by atoms with Crippen molar-refractivity contribution in [2.45, 2.75) is 38.8 Å². The minimum absolute atomic E-state index is 0.239. The van der Waals surface area contributed by atoms with Crippen LogP contribution in [-0.4, -0.2) is 24.3 Å². The highest BCUT2D eigenvalue weighted by Crippen LogP contribution is 2.30. The molecular weight excluding hydrogens is 246 g/mol. The van der Waals surface area contributed by atoms with Gasteiger partial charge in [-0.15, -0.1) is 0 Å². The molecule has 106 valence electrons. The number of carboxylic acids is 1. The number of carbonyl (C=O) groups is 1. The molecule has 0 saturated carbocycles. The predicted octanol–water partition coefficient (Wildman–Crippen LogP) is 2.35. The van der Waals surface area contributed by atoms with Crippen molar-refractivity contribution in [3.63, 3.8) is 0 Å². The lowest BCUT2D eigenvalue weighted by atomic mass is 10.1. The first-order chi connectivity index (χ1) is 8.99. The molecule has 2 atom stereocenters. The van der Waals surface area contributed by atoms with Gasteiger partial charge in [-0.1, -0.05) is 19.4 Å². The highest BCUT2D eigenvalue weighted by molar-refractivity contribution is 5.72. The monoisotopic (exact) mass is 267 g/mol. The molecule has 1 aromatic rings. The molecule has 0 fully saturated rings. The Morgan fingerprint density at radius 1 is 1.47 bits per heavy atom. The second-order valence-corrected chi connectivity index (χ2v) is 4.43. The van der Waals surface area contributed by atoms with Crippen molar-refractivity contribution < 1.29 is 19.4 Å². The molecule has 0 spiro atoms. The van der Waals surface area contributed by atoms with Gasteiger partial charge in [-0.05, 0) is 19.4 Å². The van der Waals surface area contributed by atoms with Crippen molar-refractivity contribution in [3.05, 3.63) is 23.8 Å². The van der Waals surface area contributed by atoms with E-state index in [9.17, 15) is 4.79 Å². The zero-order valence-electron chi connectivity index (χ0n) is 11.6. The summed E-state index contributed by atoms with van der Waals surface area (Å²) in [4.78, 5) is 11.1. The van der Waals surface area contributed by atoms with Gasteiger partial charge in [0.15, 0.2) is 6.10 Å². The summed E-state index contributed by atoms with van der Waals surface area (Å²) in [5.41, 5.74) is 6.63. The van der Waals surface area contributed by atoms with Crippen LogP contribution in [0.25, 0.3) is 0 Å². The normalized spacial score (nSPS) is 13.7. The largest absolute Gasteiger partial charge is 0.497 e. The van der Waals surface area contributed by atoms with Crippen LogP contribution in [0.5, 0.6) is 11.5 Å². The third kappa shape index (κ3) is 4.13. The number of ether oxygens (including phenoxy) is 2. The minimum Gasteiger partial charge on any atom is -0.497 e. The van der Waals surface area contributed by atoms with Gasteiger partial charge in [-0.3, -0.25) is 0 Å². The van der Waals surface area contributed by atoms with E-state index in [-0.39, 0.29) is 6.04 Å². The molecule has 0 saturated heterocycles. The van der Waals surface area contributed by atoms with Crippen molar-refractivity contribution in [1.29, 1.82) is 0 Å². The van der Waals surface area contributed by atoms with E-state index < -0.39 is 12.1 Å². The first-order valence-electron chi connectivity index (χ1n) is 6.32. The molecule has 1 unspecified atom stereocenters. The molecule has 0 bridgehead atoms. The highest BCUT2D eigenvalue weighted by Gasteiger charge is 2.21. The van der Waals surface area contributed by atoms with Gasteiger partial charge in [0.2, 0.25) is 0 Å². The molecule has 0 radical (unpaired) electrons. The molecule has 1 aromatic carbocycles. The molecule has 0 aliphatic rings. The van der Waals surface area contributed by atoms with Crippen LogP contribution < -0.4 is 15.2 Å². The maximum absolute atomic E-state index is 11.1. The lowest BCUT2D eigenvalue weighted by Gasteiger charge is -2.19. The van der Waals surface area contributed by atoms with E-state index in [1.54, 1.807) is 25.3 Å². The number of benzene rings is 1. The summed E-state index contributed by atoms with van der Waals surface area (Å²) in [7, 11) is 1.55. The summed E-state index contributed by atoms with van der Waals surface area (Å²) in [6.45, 7) is 3.74. The average molecular weight is 267 g/mol. The van der Waals surface area contributed by atoms with Crippen LogP contribution in [0.3, 0.4) is 0 Å². The maximum Gasteiger partial charge on any atom is 0.344 e. The Kier molecular flexibility index (Phi) is 5.63. The predicted molar refractivity (Wildman–Crippen MR) is 72.6 cm³/mol. The first kappa shape index (κ1) is 15.3. The summed E-state index contributed by atoms with van der Waals surface area (Å²) >= 11 is 0. The molecular formula is C14H21NO4. The second-order valence-electron chi connectivity index (χ2n) is 4.43. The summed E-state index contributed by atoms with van der Waals surface area (Å²) < 4.78 is 10.7. The number of hydrogen-bond donors (Lipinski definition) is 2. The van der Waals surface area contributed by atoms with Gasteiger partial charge < -0.3 is 20.3 Å². The summed E-state index contributed by atoms with van der Waals surface area (Å²) in [5, 5.41) is 9.13. The number of nitrogens with two attached hydrogens (primary N) is 1. The van der Waals surface area contributed by atoms with Crippen molar-refractivity contribution in [1.82, 2.24) is 0 Å². The van der Waals surface area contributed by atoms with Crippen LogP contribution in [0.15, 0.2) is 18.2 Å². The second kappa shape index (κ2) is 6.99. The number of hydrogen-bond acceptors (Lipinski definition) is 4. The van der Waals surface area contributed by atoms with E-state index in [4.69, 9.17) is 20.3 Å². The van der Waals surface area contributed by atoms with Crippen LogP contribution in [0.2, 0.25) is 0 Å². The molecule has 0 heterocycles. The fourth-order valence-corrected chi connectivity index (χ4v) is 1.77. The van der Waals surface area contributed by atoms with Crippen LogP contribution in [0, 0.1) is 0 Å². The fraction of sp³-hybridized carbons (Fsp3) is 0.500. The van der Waals surface area contributed by atoms with Crippen LogP contribution in [0.1, 0.15) is 38.3 Å². The summed E-state index contributed by atoms with van der Waals surface area (Å²) in [6, 6.07) is 5.01. The zero-order chi connectivity index (χ0) is 14.4. The molecule has 0 aliphatic carbocycles. The Morgan fingerprint density at radius 3 is 2.63 bits per heavy atom. The van der Waals surface area contributed by atoms with Gasteiger partial charge in [0.25, 0.3) is 0 Å². The fourth-order valence-electron chi connectivity index (χ4n) is 1.77. The lowest BCUT2D eigenvalue weighted by Crippen LogP contribution is -2.27. The van der Waals surface area contributed by atoms with Gasteiger partial charge in [0, 0.05) is 17.7 Å². The standard InChI is InChI=1S/C14H21NO4/c1-4-5-12(14(16)17)19-13-8-10(18-3)6-7-11(13)9(2)15/h6-9,12H,4-5,15H2,1-3H3,(H,16,17)/t9-,12?/m0/s1. The van der Waals surface area contributed by atoms with Crippen molar-refractivity contribution in [2.75, 3.05) is 7.11 Å². The van der Waals surface area contributed by atoms with Gasteiger partial charge in [-0.25, -0.2) is 4.79 Å². The summed E-state index contributed by atoms with van der Waals surface area (Å²) in [5.74, 6) is 0.107. The van der Waals surface area contributed by atoms with E-state index in [1.807, 2.05) is 13.8 Å². The quantitative estimate of drug-likeness (QED) is 0.792. The topological polar surface area (TPSA) is 81.8 Å². The first-order valence-corrected chi connectivity index (χ1v) is 6.32.